The first-order valence-electron chi connectivity index (χ1n) is 8.96. The molecule has 2 heterocycles. The Kier molecular flexibility index (Phi) is 4.79. The minimum Gasteiger partial charge on any atom is -0.493 e. The van der Waals surface area contributed by atoms with Crippen molar-refractivity contribution in [3.63, 3.8) is 0 Å². The maximum Gasteiger partial charge on any atom is 0.286 e. The Labute approximate surface area is 165 Å². The van der Waals surface area contributed by atoms with E-state index in [2.05, 4.69) is 25.5 Å². The average molecular weight is 393 g/mol. The third kappa shape index (κ3) is 3.46. The van der Waals surface area contributed by atoms with Crippen molar-refractivity contribution in [1.82, 2.24) is 9.97 Å². The summed E-state index contributed by atoms with van der Waals surface area (Å²) in [6, 6.07) is 13.0. The molecule has 3 N–H and O–H groups in total. The summed E-state index contributed by atoms with van der Waals surface area (Å²) in [4.78, 5) is 19.7. The molecule has 4 rings (SSSR count). The number of benzene rings is 2. The van der Waals surface area contributed by atoms with E-state index >= 15 is 0 Å². The number of anilines is 1. The summed E-state index contributed by atoms with van der Waals surface area (Å²) < 4.78 is 1.04. The molecule has 0 unspecified atom stereocenters. The van der Waals surface area contributed by atoms with Gasteiger partial charge in [0.1, 0.15) is 6.04 Å². The van der Waals surface area contributed by atoms with Crippen molar-refractivity contribution in [2.24, 2.45) is 10.2 Å². The van der Waals surface area contributed by atoms with Crippen molar-refractivity contribution in [2.75, 3.05) is 5.32 Å². The Morgan fingerprint density at radius 3 is 2.93 bits per heavy atom. The van der Waals surface area contributed by atoms with Gasteiger partial charge in [0.2, 0.25) is 5.88 Å². The van der Waals surface area contributed by atoms with E-state index < -0.39 is 11.9 Å². The molecular formula is C20H19N5O2S. The summed E-state index contributed by atoms with van der Waals surface area (Å²) in [6.45, 7) is 3.76. The highest BCUT2D eigenvalue weighted by atomic mass is 32.1. The number of thiazole rings is 1. The number of para-hydroxylation sites is 1. The van der Waals surface area contributed by atoms with Crippen molar-refractivity contribution < 1.29 is 9.90 Å². The van der Waals surface area contributed by atoms with Crippen molar-refractivity contribution >= 4 is 49.2 Å². The van der Waals surface area contributed by atoms with Gasteiger partial charge in [0.15, 0.2) is 10.8 Å². The minimum atomic E-state index is -0.595. The summed E-state index contributed by atoms with van der Waals surface area (Å²) in [6.07, 6.45) is 0.862. The standard InChI is InChI=1S/C20H19N5O2S/c1-3-12-8-9-14-13(10-12)17(19(27)22-14)24-25-18(26)11(2)21-20-23-15-6-4-5-7-16(15)28-20/h4-11,22,27H,3H2,1-2H3,(H,21,23)/t11-/m0/s1. The summed E-state index contributed by atoms with van der Waals surface area (Å²) in [5.74, 6) is -0.550. The normalized spacial score (nSPS) is 12.8. The van der Waals surface area contributed by atoms with Crippen molar-refractivity contribution in [1.29, 1.82) is 0 Å². The summed E-state index contributed by atoms with van der Waals surface area (Å²) >= 11 is 1.48. The number of carbonyl (C=O) groups excluding carboxylic acids is 1. The number of carbonyl (C=O) groups is 1. The summed E-state index contributed by atoms with van der Waals surface area (Å²) in [7, 11) is 0. The molecule has 28 heavy (non-hydrogen) atoms. The molecule has 0 fully saturated rings. The van der Waals surface area contributed by atoms with Gasteiger partial charge in [-0.1, -0.05) is 36.5 Å². The fraction of sp³-hybridized carbons (Fsp3) is 0.200. The highest BCUT2D eigenvalue weighted by Crippen LogP contribution is 2.36. The van der Waals surface area contributed by atoms with Gasteiger partial charge in [-0.3, -0.25) is 4.79 Å². The number of hydrogen-bond donors (Lipinski definition) is 3. The molecule has 2 aromatic carbocycles. The third-order valence-corrected chi connectivity index (χ3v) is 5.45. The van der Waals surface area contributed by atoms with E-state index in [1.807, 2.05) is 49.4 Å². The Balaban J connectivity index is 1.53. The smallest absolute Gasteiger partial charge is 0.286 e. The van der Waals surface area contributed by atoms with E-state index in [-0.39, 0.29) is 11.6 Å². The van der Waals surface area contributed by atoms with Crippen LogP contribution in [-0.4, -0.2) is 27.0 Å². The predicted octanol–water partition coefficient (Wildman–Crippen LogP) is 5.16. The average Bonchev–Trinajstić information content (AvgIpc) is 3.24. The van der Waals surface area contributed by atoms with Crippen molar-refractivity contribution in [3.05, 3.63) is 48.0 Å². The van der Waals surface area contributed by atoms with E-state index in [0.717, 1.165) is 33.1 Å². The second-order valence-corrected chi connectivity index (χ2v) is 7.48. The van der Waals surface area contributed by atoms with Gasteiger partial charge in [-0.25, -0.2) is 4.98 Å². The van der Waals surface area contributed by atoms with Crippen LogP contribution in [0, 0.1) is 0 Å². The van der Waals surface area contributed by atoms with Gasteiger partial charge in [0.05, 0.1) is 15.7 Å². The van der Waals surface area contributed by atoms with Crippen LogP contribution in [0.25, 0.3) is 21.1 Å². The van der Waals surface area contributed by atoms with E-state index in [9.17, 15) is 9.90 Å². The zero-order valence-corrected chi connectivity index (χ0v) is 16.2. The van der Waals surface area contributed by atoms with Gasteiger partial charge >= 0.3 is 0 Å². The lowest BCUT2D eigenvalue weighted by Crippen LogP contribution is -2.23. The molecule has 0 spiro atoms. The molecule has 0 aliphatic carbocycles. The molecule has 4 aromatic rings. The number of aromatic nitrogens is 2. The number of nitrogens with zero attached hydrogens (tertiary/aromatic N) is 3. The van der Waals surface area contributed by atoms with Crippen LogP contribution in [0.15, 0.2) is 52.7 Å². The van der Waals surface area contributed by atoms with E-state index in [4.69, 9.17) is 0 Å². The maximum atomic E-state index is 12.4. The molecule has 0 aliphatic heterocycles. The highest BCUT2D eigenvalue weighted by molar-refractivity contribution is 7.22. The second-order valence-electron chi connectivity index (χ2n) is 6.45. The number of aromatic hydroxyl groups is 1. The molecule has 0 saturated heterocycles. The Bertz CT molecular complexity index is 1160. The van der Waals surface area contributed by atoms with Gasteiger partial charge in [-0.2, -0.15) is 0 Å². The van der Waals surface area contributed by atoms with Crippen LogP contribution < -0.4 is 5.32 Å². The van der Waals surface area contributed by atoms with Gasteiger partial charge in [0, 0.05) is 5.39 Å². The van der Waals surface area contributed by atoms with Gasteiger partial charge in [-0.15, -0.1) is 10.2 Å². The Morgan fingerprint density at radius 1 is 1.32 bits per heavy atom. The molecule has 0 saturated carbocycles. The molecule has 0 radical (unpaired) electrons. The zero-order valence-electron chi connectivity index (χ0n) is 15.4. The number of hydrogen-bond acceptors (Lipinski definition) is 6. The number of aryl methyl sites for hydroxylation is 1. The van der Waals surface area contributed by atoms with E-state index in [1.54, 1.807) is 6.92 Å². The molecule has 1 amide bonds. The molecular weight excluding hydrogens is 374 g/mol. The van der Waals surface area contributed by atoms with Crippen LogP contribution in [0.1, 0.15) is 19.4 Å². The number of aromatic amines is 1. The van der Waals surface area contributed by atoms with E-state index in [0.29, 0.717) is 5.13 Å². The fourth-order valence-electron chi connectivity index (χ4n) is 2.90. The zero-order chi connectivity index (χ0) is 19.7. The molecule has 7 nitrogen and oxygen atoms in total. The minimum absolute atomic E-state index is 0.105. The fourth-order valence-corrected chi connectivity index (χ4v) is 3.85. The SMILES string of the molecule is CCc1ccc2[nH]c(O)c(N=NC(=O)[C@H](C)Nc3nc4ccccc4s3)c2c1. The summed E-state index contributed by atoms with van der Waals surface area (Å²) in [5.41, 5.74) is 3.01. The number of fused-ring (bicyclic) bond motifs is 2. The number of azo groups is 1. The van der Waals surface area contributed by atoms with Gasteiger partial charge < -0.3 is 15.4 Å². The molecule has 0 aliphatic rings. The van der Waals surface area contributed by atoms with Crippen LogP contribution >= 0.6 is 11.3 Å². The molecule has 8 heteroatoms. The number of nitrogens with one attached hydrogen (secondary N) is 2. The summed E-state index contributed by atoms with van der Waals surface area (Å²) in [5, 5.41) is 22.4. The van der Waals surface area contributed by atoms with Gasteiger partial charge in [0.25, 0.3) is 5.91 Å². The molecule has 0 bridgehead atoms. The van der Waals surface area contributed by atoms with Crippen LogP contribution in [-0.2, 0) is 11.2 Å². The molecule has 2 aromatic heterocycles. The van der Waals surface area contributed by atoms with E-state index in [1.165, 1.54) is 11.3 Å². The number of amides is 1. The first-order chi connectivity index (χ1) is 13.5. The highest BCUT2D eigenvalue weighted by Gasteiger charge is 2.16. The van der Waals surface area contributed by atoms with Crippen LogP contribution in [0.3, 0.4) is 0 Å². The van der Waals surface area contributed by atoms with Crippen molar-refractivity contribution in [2.45, 2.75) is 26.3 Å². The number of rotatable bonds is 5. The van der Waals surface area contributed by atoms with Gasteiger partial charge in [-0.05, 0) is 43.2 Å². The van der Waals surface area contributed by atoms with Crippen LogP contribution in [0.4, 0.5) is 10.8 Å². The maximum absolute atomic E-state index is 12.4. The second kappa shape index (κ2) is 7.40. The first-order valence-corrected chi connectivity index (χ1v) is 9.78. The topological polar surface area (TPSA) is 103 Å². The predicted molar refractivity (Wildman–Crippen MR) is 112 cm³/mol. The lowest BCUT2D eigenvalue weighted by Gasteiger charge is -2.07. The molecule has 142 valence electrons. The van der Waals surface area contributed by atoms with Crippen LogP contribution in [0.5, 0.6) is 5.88 Å². The monoisotopic (exact) mass is 393 g/mol. The largest absolute Gasteiger partial charge is 0.493 e. The first kappa shape index (κ1) is 18.1. The quantitative estimate of drug-likeness (QED) is 0.408. The Morgan fingerprint density at radius 2 is 2.14 bits per heavy atom. The van der Waals surface area contributed by atoms with Crippen molar-refractivity contribution in [3.8, 4) is 5.88 Å². The number of H-pyrrole nitrogens is 1. The third-order valence-electron chi connectivity index (χ3n) is 4.48. The van der Waals surface area contributed by atoms with Crippen LogP contribution in [0.2, 0.25) is 0 Å². The lowest BCUT2D eigenvalue weighted by molar-refractivity contribution is -0.118. The molecule has 1 atom stereocenters. The Hall–Kier alpha value is -3.26. The lowest BCUT2D eigenvalue weighted by atomic mass is 10.1.